The number of carbonyl (C=O) groups excluding carboxylic acids is 4. The Bertz CT molecular complexity index is 1620. The van der Waals surface area contributed by atoms with Gasteiger partial charge >= 0.3 is 5.97 Å². The van der Waals surface area contributed by atoms with Gasteiger partial charge in [0, 0.05) is 43.5 Å². The number of terminal acetylenes is 1. The van der Waals surface area contributed by atoms with Gasteiger partial charge in [0.25, 0.3) is 0 Å². The molecule has 1 heterocycles. The molecule has 0 bridgehead atoms. The molecule has 13 nitrogen and oxygen atoms in total. The molecule has 1 aliphatic heterocycles. The fourth-order valence-electron chi connectivity index (χ4n) is 6.66. The highest BCUT2D eigenvalue weighted by Crippen LogP contribution is 2.33. The van der Waals surface area contributed by atoms with Gasteiger partial charge < -0.3 is 40.1 Å². The maximum atomic E-state index is 13.5. The number of benzene rings is 2. The number of hydrogen-bond acceptors (Lipinski definition) is 8. The van der Waals surface area contributed by atoms with Gasteiger partial charge in [-0.1, -0.05) is 55.2 Å². The van der Waals surface area contributed by atoms with Crippen LogP contribution in [0.25, 0.3) is 0 Å². The Kier molecular flexibility index (Phi) is 18.7. The van der Waals surface area contributed by atoms with Crippen molar-refractivity contribution in [1.82, 2.24) is 10.6 Å². The minimum absolute atomic E-state index is 0.0493. The number of Topliss-reactive ketones (excluding diaryl/α,β-unsaturated/α-hetero) is 1. The molecule has 3 amide bonds. The molecule has 56 heavy (non-hydrogen) atoms. The standard InChI is InChI=1S/C43H60N4O9/c1-6-27-44-41(53)43(29-55-40(56-30-43)34-23-21-33(22-24-34)31(2)48)42(54)45-28-12-11-15-36(47(3,4)5)37(49)16-13-14-32-19-25-35(26-20-32)46-38(50)17-9-7-8-10-18-39(51)52/h1,19-26,31,36,40,48H,7-18,27-30H2,2-5H3,(H3-,44,45,46,50,51,52,53,54)/p+1/t31?,36-,40?,43?/m0/s1. The molecule has 0 aromatic heterocycles. The van der Waals surface area contributed by atoms with E-state index in [1.807, 2.05) is 45.4 Å². The van der Waals surface area contributed by atoms with Crippen molar-refractivity contribution in [3.05, 3.63) is 65.2 Å². The number of amides is 3. The topological polar surface area (TPSA) is 180 Å². The number of nitrogens with one attached hydrogen (secondary N) is 3. The largest absolute Gasteiger partial charge is 0.481 e. The number of unbranched alkanes of at least 4 members (excludes halogenated alkanes) is 4. The summed E-state index contributed by atoms with van der Waals surface area (Å²) in [7, 11) is 6.02. The van der Waals surface area contributed by atoms with Crippen LogP contribution in [0.15, 0.2) is 48.5 Å². The zero-order valence-electron chi connectivity index (χ0n) is 33.4. The average molecular weight is 778 g/mol. The Morgan fingerprint density at radius 3 is 2.05 bits per heavy atom. The van der Waals surface area contributed by atoms with Gasteiger partial charge in [-0.15, -0.1) is 6.42 Å². The third-order valence-electron chi connectivity index (χ3n) is 10.0. The molecule has 0 aliphatic carbocycles. The maximum Gasteiger partial charge on any atom is 0.303 e. The first-order valence-electron chi connectivity index (χ1n) is 19.6. The molecule has 1 aliphatic rings. The van der Waals surface area contributed by atoms with Crippen molar-refractivity contribution in [3.63, 3.8) is 0 Å². The Balaban J connectivity index is 1.43. The smallest absolute Gasteiger partial charge is 0.303 e. The Morgan fingerprint density at radius 1 is 0.839 bits per heavy atom. The molecular formula is C43H61N4O9+. The fourth-order valence-corrected chi connectivity index (χ4v) is 6.66. The Morgan fingerprint density at radius 2 is 1.46 bits per heavy atom. The second-order valence-electron chi connectivity index (χ2n) is 15.5. The van der Waals surface area contributed by atoms with E-state index in [1.54, 1.807) is 31.2 Å². The summed E-state index contributed by atoms with van der Waals surface area (Å²) < 4.78 is 12.3. The van der Waals surface area contributed by atoms with Crippen LogP contribution in [0, 0.1) is 17.8 Å². The molecule has 0 saturated carbocycles. The number of aliphatic hydroxyl groups excluding tert-OH is 1. The van der Waals surface area contributed by atoms with E-state index in [0.29, 0.717) is 68.0 Å². The minimum atomic E-state index is -1.63. The van der Waals surface area contributed by atoms with Gasteiger partial charge in [0.05, 0.1) is 47.0 Å². The van der Waals surface area contributed by atoms with Crippen LogP contribution >= 0.6 is 0 Å². The van der Waals surface area contributed by atoms with Crippen LogP contribution in [0.5, 0.6) is 0 Å². The normalized spacial score (nSPS) is 17.9. The highest BCUT2D eigenvalue weighted by atomic mass is 16.7. The number of aliphatic hydroxyl groups is 1. The van der Waals surface area contributed by atoms with Gasteiger partial charge in [0.15, 0.2) is 17.5 Å². The lowest BCUT2D eigenvalue weighted by Crippen LogP contribution is -2.59. The van der Waals surface area contributed by atoms with Gasteiger partial charge in [0.2, 0.25) is 17.7 Å². The van der Waals surface area contributed by atoms with E-state index in [2.05, 4.69) is 21.9 Å². The van der Waals surface area contributed by atoms with Crippen LogP contribution in [-0.2, 0) is 39.9 Å². The monoisotopic (exact) mass is 777 g/mol. The summed E-state index contributed by atoms with van der Waals surface area (Å²) in [5, 5.41) is 26.9. The van der Waals surface area contributed by atoms with Gasteiger partial charge in [-0.05, 0) is 68.7 Å². The van der Waals surface area contributed by atoms with Crippen LogP contribution in [0.4, 0.5) is 5.69 Å². The Labute approximate surface area is 331 Å². The van der Waals surface area contributed by atoms with Gasteiger partial charge in [-0.25, -0.2) is 0 Å². The van der Waals surface area contributed by atoms with E-state index in [0.717, 1.165) is 36.1 Å². The van der Waals surface area contributed by atoms with E-state index in [-0.39, 0.29) is 43.9 Å². The second kappa shape index (κ2) is 22.8. The van der Waals surface area contributed by atoms with Gasteiger partial charge in [-0.2, -0.15) is 0 Å². The van der Waals surface area contributed by atoms with E-state index in [1.165, 1.54) is 0 Å². The molecule has 1 saturated heterocycles. The number of carboxylic acid groups (broad SMARTS) is 1. The van der Waals surface area contributed by atoms with Crippen molar-refractivity contribution in [1.29, 1.82) is 0 Å². The molecular weight excluding hydrogens is 716 g/mol. The van der Waals surface area contributed by atoms with Crippen LogP contribution in [0.2, 0.25) is 0 Å². The molecule has 0 spiro atoms. The Hall–Kier alpha value is -4.61. The molecule has 1 fully saturated rings. The number of aryl methyl sites for hydroxylation is 1. The van der Waals surface area contributed by atoms with E-state index in [4.69, 9.17) is 21.0 Å². The number of anilines is 1. The lowest BCUT2D eigenvalue weighted by molar-refractivity contribution is -0.886. The first kappa shape index (κ1) is 45.8. The minimum Gasteiger partial charge on any atom is -0.481 e. The molecule has 0 radical (unpaired) electrons. The van der Waals surface area contributed by atoms with E-state index in [9.17, 15) is 29.1 Å². The SMILES string of the molecule is C#CCNC(=O)C1(C(=O)NCCCC[C@@H](C(=O)CCCc2ccc(NC(=O)CCCCCCC(=O)O)cc2)[N+](C)(C)C)COC(c2ccc(C(C)O)cc2)OC1. The summed E-state index contributed by atoms with van der Waals surface area (Å²) in [6.07, 6.45) is 11.3. The second-order valence-corrected chi connectivity index (χ2v) is 15.5. The predicted molar refractivity (Wildman–Crippen MR) is 213 cm³/mol. The number of nitrogens with zero attached hydrogens (tertiary/aromatic N) is 1. The van der Waals surface area contributed by atoms with Crippen molar-refractivity contribution >= 4 is 35.2 Å². The van der Waals surface area contributed by atoms with Crippen LogP contribution in [-0.4, -0.2) is 97.7 Å². The number of likely N-dealkylation sites (N-methyl/N-ethyl adjacent to an activating group) is 1. The highest BCUT2D eigenvalue weighted by Gasteiger charge is 2.50. The number of aliphatic carboxylic acids is 1. The average Bonchev–Trinajstić information content (AvgIpc) is 3.16. The highest BCUT2D eigenvalue weighted by molar-refractivity contribution is 6.05. The number of hydrogen-bond donors (Lipinski definition) is 5. The van der Waals surface area contributed by atoms with E-state index < -0.39 is 35.6 Å². The third kappa shape index (κ3) is 14.8. The van der Waals surface area contributed by atoms with Gasteiger partial charge in [0.1, 0.15) is 6.04 Å². The molecule has 13 heteroatoms. The zero-order chi connectivity index (χ0) is 41.1. The molecule has 2 aromatic carbocycles. The summed E-state index contributed by atoms with van der Waals surface area (Å²) in [5.74, 6) is 0.577. The number of carbonyl (C=O) groups is 5. The molecule has 2 atom stereocenters. The maximum absolute atomic E-state index is 13.5. The first-order valence-corrected chi connectivity index (χ1v) is 19.6. The molecule has 5 N–H and O–H groups in total. The lowest BCUT2D eigenvalue weighted by atomic mass is 9.86. The fraction of sp³-hybridized carbons (Fsp3) is 0.558. The van der Waals surface area contributed by atoms with Crippen LogP contribution in [0.1, 0.15) is 107 Å². The molecule has 3 rings (SSSR count). The predicted octanol–water partition coefficient (Wildman–Crippen LogP) is 4.84. The van der Waals surface area contributed by atoms with Crippen molar-refractivity contribution in [2.45, 2.75) is 102 Å². The number of ketones is 1. The van der Waals surface area contributed by atoms with Crippen molar-refractivity contribution < 1.29 is 48.1 Å². The van der Waals surface area contributed by atoms with Crippen LogP contribution in [0.3, 0.4) is 0 Å². The van der Waals surface area contributed by atoms with E-state index >= 15 is 0 Å². The third-order valence-corrected chi connectivity index (χ3v) is 10.0. The zero-order valence-corrected chi connectivity index (χ0v) is 33.4. The van der Waals surface area contributed by atoms with Gasteiger partial charge in [-0.3, -0.25) is 24.0 Å². The molecule has 1 unspecified atom stereocenters. The molecule has 306 valence electrons. The van der Waals surface area contributed by atoms with Crippen molar-refractivity contribution in [3.8, 4) is 12.3 Å². The number of ether oxygens (including phenoxy) is 2. The number of rotatable bonds is 24. The summed E-state index contributed by atoms with van der Waals surface area (Å²) in [4.78, 5) is 63.1. The number of quaternary nitrogens is 1. The van der Waals surface area contributed by atoms with Crippen molar-refractivity contribution in [2.75, 3.05) is 52.8 Å². The summed E-state index contributed by atoms with van der Waals surface area (Å²) in [6.45, 7) is 1.50. The van der Waals surface area contributed by atoms with Crippen molar-refractivity contribution in [2.24, 2.45) is 5.41 Å². The summed E-state index contributed by atoms with van der Waals surface area (Å²) in [6, 6.07) is 14.5. The lowest BCUT2D eigenvalue weighted by Gasteiger charge is -2.37. The van der Waals surface area contributed by atoms with Crippen LogP contribution < -0.4 is 16.0 Å². The summed E-state index contributed by atoms with van der Waals surface area (Å²) >= 11 is 0. The number of carboxylic acids is 1. The molecule has 2 aromatic rings. The summed E-state index contributed by atoms with van der Waals surface area (Å²) in [5.41, 5.74) is 1.60. The quantitative estimate of drug-likeness (QED) is 0.0432. The first-order chi connectivity index (χ1) is 26.7.